The van der Waals surface area contributed by atoms with E-state index in [1.54, 1.807) is 21.6 Å². The van der Waals surface area contributed by atoms with Crippen LogP contribution in [-0.4, -0.2) is 41.6 Å². The minimum atomic E-state index is -0.128. The van der Waals surface area contributed by atoms with Crippen LogP contribution < -0.4 is 5.32 Å². The zero-order chi connectivity index (χ0) is 19.9. The number of hydrogen-bond acceptors (Lipinski definition) is 6. The topological polar surface area (TPSA) is 90.5 Å². The highest BCUT2D eigenvalue weighted by Crippen LogP contribution is 2.20. The summed E-state index contributed by atoms with van der Waals surface area (Å²) >= 11 is 1.30. The zero-order valence-electron chi connectivity index (χ0n) is 16.4. The normalized spacial score (nSPS) is 11.1. The Kier molecular flexibility index (Phi) is 6.80. The van der Waals surface area contributed by atoms with Crippen molar-refractivity contribution in [2.24, 2.45) is 0 Å². The van der Waals surface area contributed by atoms with Crippen LogP contribution in [0.1, 0.15) is 45.2 Å². The molecule has 0 aliphatic heterocycles. The Bertz CT molecular complexity index is 901. The van der Waals surface area contributed by atoms with Crippen LogP contribution in [0.5, 0.6) is 0 Å². The molecule has 0 bridgehead atoms. The molecule has 1 amide bonds. The Labute approximate surface area is 168 Å². The van der Waals surface area contributed by atoms with E-state index in [2.05, 4.69) is 45.0 Å². The van der Waals surface area contributed by atoms with Gasteiger partial charge >= 0.3 is 0 Å². The highest BCUT2D eigenvalue weighted by Gasteiger charge is 2.14. The minimum absolute atomic E-state index is 0.128. The highest BCUT2D eigenvalue weighted by molar-refractivity contribution is 7.99. The third-order valence-electron chi connectivity index (χ3n) is 4.20. The van der Waals surface area contributed by atoms with Crippen molar-refractivity contribution in [3.8, 4) is 5.69 Å². The van der Waals surface area contributed by atoms with E-state index in [0.717, 1.165) is 12.1 Å². The van der Waals surface area contributed by atoms with Gasteiger partial charge in [0.1, 0.15) is 5.82 Å². The lowest BCUT2D eigenvalue weighted by Crippen LogP contribution is -2.18. The average molecular weight is 400 g/mol. The first-order valence-corrected chi connectivity index (χ1v) is 10.4. The molecule has 0 fully saturated rings. The van der Waals surface area contributed by atoms with E-state index >= 15 is 0 Å². The summed E-state index contributed by atoms with van der Waals surface area (Å²) in [5, 5.41) is 19.5. The number of unbranched alkanes of at least 4 members (excludes halogenated alkanes) is 1. The van der Waals surface area contributed by atoms with Gasteiger partial charge in [-0.2, -0.15) is 9.78 Å². The van der Waals surface area contributed by atoms with Gasteiger partial charge in [-0.05, 0) is 54.8 Å². The summed E-state index contributed by atoms with van der Waals surface area (Å²) in [6.45, 7) is 6.21. The number of nitrogens with zero attached hydrogens (tertiary/aromatic N) is 6. The number of rotatable bonds is 9. The molecule has 0 aliphatic rings. The molecule has 148 valence electrons. The van der Waals surface area contributed by atoms with Crippen molar-refractivity contribution in [1.29, 1.82) is 0 Å². The molecule has 3 rings (SSSR count). The van der Waals surface area contributed by atoms with Gasteiger partial charge in [0.25, 0.3) is 0 Å². The van der Waals surface area contributed by atoms with Crippen molar-refractivity contribution in [1.82, 2.24) is 30.0 Å². The Morgan fingerprint density at radius 2 is 2.00 bits per heavy atom. The molecule has 8 nitrogen and oxygen atoms in total. The van der Waals surface area contributed by atoms with Gasteiger partial charge in [0.05, 0.1) is 17.6 Å². The fourth-order valence-electron chi connectivity index (χ4n) is 2.75. The van der Waals surface area contributed by atoms with Crippen molar-refractivity contribution >= 4 is 23.5 Å². The molecule has 0 radical (unpaired) electrons. The number of anilines is 1. The summed E-state index contributed by atoms with van der Waals surface area (Å²) in [5.74, 6) is 0.762. The summed E-state index contributed by atoms with van der Waals surface area (Å²) in [7, 11) is 0. The second-order valence-electron chi connectivity index (χ2n) is 6.73. The molecular weight excluding hydrogens is 374 g/mol. The highest BCUT2D eigenvalue weighted by atomic mass is 32.2. The molecule has 1 N–H and O–H groups in total. The van der Waals surface area contributed by atoms with Crippen LogP contribution in [0.3, 0.4) is 0 Å². The van der Waals surface area contributed by atoms with Crippen molar-refractivity contribution in [2.45, 2.75) is 51.2 Å². The fourth-order valence-corrected chi connectivity index (χ4v) is 3.44. The molecule has 28 heavy (non-hydrogen) atoms. The maximum Gasteiger partial charge on any atom is 0.235 e. The molecule has 0 atom stereocenters. The van der Waals surface area contributed by atoms with E-state index in [4.69, 9.17) is 0 Å². The number of hydrogen-bond donors (Lipinski definition) is 1. The Hall–Kier alpha value is -2.68. The minimum Gasteiger partial charge on any atom is -0.310 e. The molecule has 0 spiro atoms. The van der Waals surface area contributed by atoms with Crippen LogP contribution in [0.2, 0.25) is 0 Å². The first kappa shape index (κ1) is 20.1. The van der Waals surface area contributed by atoms with Gasteiger partial charge in [-0.1, -0.05) is 37.2 Å². The lowest BCUT2D eigenvalue weighted by molar-refractivity contribution is -0.113. The number of aryl methyl sites for hydroxylation is 1. The number of benzene rings is 1. The van der Waals surface area contributed by atoms with Gasteiger partial charge in [-0.25, -0.2) is 4.68 Å². The maximum atomic E-state index is 12.3. The molecule has 2 aromatic heterocycles. The van der Waals surface area contributed by atoms with Crippen molar-refractivity contribution < 1.29 is 4.79 Å². The van der Waals surface area contributed by atoms with Gasteiger partial charge < -0.3 is 5.32 Å². The number of nitrogens with one attached hydrogen (secondary N) is 1. The molecule has 0 unspecified atom stereocenters. The lowest BCUT2D eigenvalue weighted by Gasteiger charge is -2.11. The van der Waals surface area contributed by atoms with E-state index < -0.39 is 0 Å². The molecule has 0 saturated carbocycles. The van der Waals surface area contributed by atoms with Gasteiger partial charge in [0.2, 0.25) is 11.1 Å². The third-order valence-corrected chi connectivity index (χ3v) is 5.12. The molecule has 3 aromatic rings. The number of tetrazole rings is 1. The third kappa shape index (κ3) is 4.98. The van der Waals surface area contributed by atoms with E-state index in [9.17, 15) is 4.79 Å². The maximum absolute atomic E-state index is 12.3. The molecule has 0 aliphatic carbocycles. The Morgan fingerprint density at radius 1 is 1.21 bits per heavy atom. The molecule has 1 aromatic carbocycles. The summed E-state index contributed by atoms with van der Waals surface area (Å²) in [6.07, 6.45) is 5.10. The smallest absolute Gasteiger partial charge is 0.235 e. The van der Waals surface area contributed by atoms with Crippen molar-refractivity contribution in [3.05, 3.63) is 42.1 Å². The van der Waals surface area contributed by atoms with Crippen LogP contribution in [0.15, 0.2) is 41.7 Å². The monoisotopic (exact) mass is 399 g/mol. The van der Waals surface area contributed by atoms with Crippen LogP contribution in [-0.2, 0) is 11.2 Å². The second kappa shape index (κ2) is 9.50. The van der Waals surface area contributed by atoms with Crippen LogP contribution in [0, 0.1) is 0 Å². The summed E-state index contributed by atoms with van der Waals surface area (Å²) in [6, 6.07) is 10.2. The molecular formula is C19H25N7OS. The van der Waals surface area contributed by atoms with E-state index in [1.807, 2.05) is 26.0 Å². The van der Waals surface area contributed by atoms with E-state index in [-0.39, 0.29) is 17.7 Å². The number of carbonyl (C=O) groups excluding carboxylic acids is 1. The summed E-state index contributed by atoms with van der Waals surface area (Å²) in [4.78, 5) is 12.3. The second-order valence-corrected chi connectivity index (χ2v) is 7.68. The number of aromatic nitrogens is 6. The number of carbonyl (C=O) groups is 1. The summed E-state index contributed by atoms with van der Waals surface area (Å²) < 4.78 is 3.42. The zero-order valence-corrected chi connectivity index (χ0v) is 17.2. The quantitative estimate of drug-likeness (QED) is 0.554. The first-order valence-electron chi connectivity index (χ1n) is 9.42. The van der Waals surface area contributed by atoms with Gasteiger partial charge in [0, 0.05) is 12.1 Å². The van der Waals surface area contributed by atoms with Gasteiger partial charge in [-0.15, -0.1) is 5.10 Å². The standard InChI is InChI=1S/C19H25N7OS/c1-4-5-6-15-7-9-16(10-8-15)26-19(22-23-24-26)28-13-18(27)21-17-11-12-20-25(17)14(2)3/h7-12,14H,4-6,13H2,1-3H3,(H,21,27). The lowest BCUT2D eigenvalue weighted by atomic mass is 10.1. The van der Waals surface area contributed by atoms with E-state index in [1.165, 1.54) is 30.2 Å². The predicted octanol–water partition coefficient (Wildman–Crippen LogP) is 3.51. The first-order chi connectivity index (χ1) is 13.6. The van der Waals surface area contributed by atoms with Gasteiger partial charge in [-0.3, -0.25) is 4.79 Å². The van der Waals surface area contributed by atoms with Crippen LogP contribution in [0.25, 0.3) is 5.69 Å². The largest absolute Gasteiger partial charge is 0.310 e. The van der Waals surface area contributed by atoms with Crippen LogP contribution >= 0.6 is 11.8 Å². The van der Waals surface area contributed by atoms with Crippen LogP contribution in [0.4, 0.5) is 5.82 Å². The van der Waals surface area contributed by atoms with Gasteiger partial charge in [0.15, 0.2) is 0 Å². The Morgan fingerprint density at radius 3 is 2.71 bits per heavy atom. The predicted molar refractivity (Wildman–Crippen MR) is 110 cm³/mol. The molecule has 0 saturated heterocycles. The average Bonchev–Trinajstić information content (AvgIpc) is 3.34. The molecule has 2 heterocycles. The van der Waals surface area contributed by atoms with Crippen molar-refractivity contribution in [2.75, 3.05) is 11.1 Å². The van der Waals surface area contributed by atoms with Crippen molar-refractivity contribution in [3.63, 3.8) is 0 Å². The SMILES string of the molecule is CCCCc1ccc(-n2nnnc2SCC(=O)Nc2ccnn2C(C)C)cc1. The Balaban J connectivity index is 1.61. The number of thioether (sulfide) groups is 1. The number of amides is 1. The van der Waals surface area contributed by atoms with E-state index in [0.29, 0.717) is 11.0 Å². The molecule has 9 heteroatoms. The fraction of sp³-hybridized carbons (Fsp3) is 0.421. The summed E-state index contributed by atoms with van der Waals surface area (Å²) in [5.41, 5.74) is 2.18.